The molecule has 0 amide bonds. The fraction of sp³-hybridized carbons (Fsp3) is 0.538. The van der Waals surface area contributed by atoms with Gasteiger partial charge >= 0.3 is 0 Å². The van der Waals surface area contributed by atoms with Gasteiger partial charge in [-0.15, -0.1) is 0 Å². The molecule has 5 heteroatoms. The Morgan fingerprint density at radius 2 is 2.39 bits per heavy atom. The standard InChI is InChI=1S/C13H17N3OS/c1-2-4-11(14-6-3-1)13-15-12(17-16-13)8-10-5-7-18-9-10/h5,7,9,11,14H,1-4,6,8H2. The predicted molar refractivity (Wildman–Crippen MR) is 70.6 cm³/mol. The monoisotopic (exact) mass is 263 g/mol. The molecule has 0 bridgehead atoms. The second kappa shape index (κ2) is 5.63. The number of nitrogens with zero attached hydrogens (tertiary/aromatic N) is 2. The Kier molecular flexibility index (Phi) is 3.71. The van der Waals surface area contributed by atoms with Crippen molar-refractivity contribution in [1.29, 1.82) is 0 Å². The number of rotatable bonds is 3. The van der Waals surface area contributed by atoms with Gasteiger partial charge in [0.2, 0.25) is 5.89 Å². The third kappa shape index (κ3) is 2.79. The molecule has 0 saturated carbocycles. The minimum Gasteiger partial charge on any atom is -0.339 e. The molecule has 2 aromatic heterocycles. The summed E-state index contributed by atoms with van der Waals surface area (Å²) in [7, 11) is 0. The molecule has 0 radical (unpaired) electrons. The lowest BCUT2D eigenvalue weighted by atomic mass is 10.1. The maximum Gasteiger partial charge on any atom is 0.231 e. The van der Waals surface area contributed by atoms with Crippen LogP contribution in [0.1, 0.15) is 49.0 Å². The van der Waals surface area contributed by atoms with Crippen molar-refractivity contribution in [3.63, 3.8) is 0 Å². The molecule has 3 rings (SSSR count). The number of hydrogen-bond acceptors (Lipinski definition) is 5. The maximum atomic E-state index is 5.34. The number of aromatic nitrogens is 2. The first-order chi connectivity index (χ1) is 8.92. The molecule has 0 aromatic carbocycles. The van der Waals surface area contributed by atoms with E-state index in [0.717, 1.165) is 31.1 Å². The molecule has 1 saturated heterocycles. The van der Waals surface area contributed by atoms with Gasteiger partial charge in [0.1, 0.15) is 0 Å². The maximum absolute atomic E-state index is 5.34. The zero-order chi connectivity index (χ0) is 12.2. The van der Waals surface area contributed by atoms with Gasteiger partial charge in [-0.2, -0.15) is 16.3 Å². The average molecular weight is 263 g/mol. The summed E-state index contributed by atoms with van der Waals surface area (Å²) in [6, 6.07) is 2.37. The van der Waals surface area contributed by atoms with Gasteiger partial charge in [-0.05, 0) is 41.8 Å². The first-order valence-electron chi connectivity index (χ1n) is 6.49. The van der Waals surface area contributed by atoms with Crippen LogP contribution >= 0.6 is 11.3 Å². The summed E-state index contributed by atoms with van der Waals surface area (Å²) in [6.45, 7) is 1.05. The van der Waals surface area contributed by atoms with Crippen LogP contribution in [0.2, 0.25) is 0 Å². The molecule has 18 heavy (non-hydrogen) atoms. The molecule has 2 aromatic rings. The van der Waals surface area contributed by atoms with Crippen LogP contribution < -0.4 is 5.32 Å². The highest BCUT2D eigenvalue weighted by Crippen LogP contribution is 2.21. The minimum absolute atomic E-state index is 0.271. The second-order valence-corrected chi connectivity index (χ2v) is 5.49. The van der Waals surface area contributed by atoms with Crippen LogP contribution in [0.15, 0.2) is 21.3 Å². The summed E-state index contributed by atoms with van der Waals surface area (Å²) in [4.78, 5) is 4.51. The van der Waals surface area contributed by atoms with Gasteiger partial charge in [-0.25, -0.2) is 0 Å². The van der Waals surface area contributed by atoms with Crippen molar-refractivity contribution in [2.75, 3.05) is 6.54 Å². The average Bonchev–Trinajstić information content (AvgIpc) is 2.97. The van der Waals surface area contributed by atoms with Crippen molar-refractivity contribution in [3.05, 3.63) is 34.1 Å². The van der Waals surface area contributed by atoms with E-state index in [1.165, 1.54) is 24.8 Å². The van der Waals surface area contributed by atoms with Gasteiger partial charge in [0.15, 0.2) is 5.82 Å². The smallest absolute Gasteiger partial charge is 0.231 e. The summed E-state index contributed by atoms with van der Waals surface area (Å²) in [5, 5.41) is 11.8. The van der Waals surface area contributed by atoms with Crippen LogP contribution in [-0.2, 0) is 6.42 Å². The predicted octanol–water partition coefficient (Wildman–Crippen LogP) is 2.93. The zero-order valence-electron chi connectivity index (χ0n) is 10.3. The highest BCUT2D eigenvalue weighted by Gasteiger charge is 2.19. The van der Waals surface area contributed by atoms with Crippen LogP contribution in [-0.4, -0.2) is 16.7 Å². The fourth-order valence-corrected chi connectivity index (χ4v) is 2.97. The van der Waals surface area contributed by atoms with Gasteiger partial charge in [0.25, 0.3) is 0 Å². The Labute approximate surface area is 110 Å². The summed E-state index contributed by atoms with van der Waals surface area (Å²) >= 11 is 1.69. The third-order valence-electron chi connectivity index (χ3n) is 3.29. The van der Waals surface area contributed by atoms with E-state index in [1.807, 2.05) is 0 Å². The molecule has 3 heterocycles. The van der Waals surface area contributed by atoms with Crippen LogP contribution in [0.3, 0.4) is 0 Å². The lowest BCUT2D eigenvalue weighted by molar-refractivity contribution is 0.369. The Balaban J connectivity index is 1.68. The number of nitrogens with one attached hydrogen (secondary N) is 1. The Bertz CT molecular complexity index is 472. The highest BCUT2D eigenvalue weighted by molar-refractivity contribution is 7.07. The van der Waals surface area contributed by atoms with Gasteiger partial charge in [0.05, 0.1) is 12.5 Å². The molecule has 1 N–H and O–H groups in total. The van der Waals surface area contributed by atoms with Crippen LogP contribution in [0.5, 0.6) is 0 Å². The van der Waals surface area contributed by atoms with Gasteiger partial charge in [-0.1, -0.05) is 18.0 Å². The van der Waals surface area contributed by atoms with Gasteiger partial charge in [0, 0.05) is 0 Å². The second-order valence-electron chi connectivity index (χ2n) is 4.71. The highest BCUT2D eigenvalue weighted by atomic mass is 32.1. The van der Waals surface area contributed by atoms with Crippen LogP contribution in [0, 0.1) is 0 Å². The van der Waals surface area contributed by atoms with Crippen molar-refractivity contribution in [2.45, 2.75) is 38.1 Å². The largest absolute Gasteiger partial charge is 0.339 e. The Hall–Kier alpha value is -1.20. The van der Waals surface area contributed by atoms with Crippen molar-refractivity contribution in [1.82, 2.24) is 15.5 Å². The van der Waals surface area contributed by atoms with Crippen molar-refractivity contribution >= 4 is 11.3 Å². The quantitative estimate of drug-likeness (QED) is 0.925. The summed E-state index contributed by atoms with van der Waals surface area (Å²) in [5.74, 6) is 1.54. The molecular formula is C13H17N3OS. The van der Waals surface area contributed by atoms with E-state index in [2.05, 4.69) is 32.3 Å². The first-order valence-corrected chi connectivity index (χ1v) is 7.43. The number of hydrogen-bond donors (Lipinski definition) is 1. The Morgan fingerprint density at radius 1 is 1.39 bits per heavy atom. The van der Waals surface area contributed by atoms with Crippen molar-refractivity contribution < 1.29 is 4.52 Å². The number of thiophene rings is 1. The fourth-order valence-electron chi connectivity index (χ4n) is 2.30. The SMILES string of the molecule is c1cc(Cc2nc(C3CCCCCN3)no2)cs1. The molecule has 96 valence electrons. The minimum atomic E-state index is 0.271. The van der Waals surface area contributed by atoms with Crippen molar-refractivity contribution in [2.24, 2.45) is 0 Å². The van der Waals surface area contributed by atoms with E-state index in [0.29, 0.717) is 0 Å². The molecule has 4 nitrogen and oxygen atoms in total. The molecule has 0 aliphatic carbocycles. The molecular weight excluding hydrogens is 246 g/mol. The van der Waals surface area contributed by atoms with E-state index >= 15 is 0 Å². The third-order valence-corrected chi connectivity index (χ3v) is 4.02. The zero-order valence-corrected chi connectivity index (χ0v) is 11.1. The first kappa shape index (κ1) is 11.9. The molecule has 0 spiro atoms. The normalized spacial score (nSPS) is 20.8. The van der Waals surface area contributed by atoms with Crippen molar-refractivity contribution in [3.8, 4) is 0 Å². The summed E-state index contributed by atoms with van der Waals surface area (Å²) < 4.78 is 5.34. The summed E-state index contributed by atoms with van der Waals surface area (Å²) in [6.07, 6.45) is 5.63. The van der Waals surface area contributed by atoms with Crippen LogP contribution in [0.4, 0.5) is 0 Å². The lowest BCUT2D eigenvalue weighted by Gasteiger charge is -2.09. The molecule has 1 unspecified atom stereocenters. The Morgan fingerprint density at radius 3 is 3.28 bits per heavy atom. The molecule has 1 aliphatic rings. The topological polar surface area (TPSA) is 51.0 Å². The van der Waals surface area contributed by atoms with E-state index < -0.39 is 0 Å². The van der Waals surface area contributed by atoms with Gasteiger partial charge in [-0.3, -0.25) is 0 Å². The lowest BCUT2D eigenvalue weighted by Crippen LogP contribution is -2.21. The van der Waals surface area contributed by atoms with E-state index in [-0.39, 0.29) is 6.04 Å². The molecule has 1 atom stereocenters. The van der Waals surface area contributed by atoms with E-state index in [4.69, 9.17) is 4.52 Å². The molecule has 1 fully saturated rings. The van der Waals surface area contributed by atoms with Crippen LogP contribution in [0.25, 0.3) is 0 Å². The van der Waals surface area contributed by atoms with E-state index in [1.54, 1.807) is 11.3 Å². The molecule has 1 aliphatic heterocycles. The summed E-state index contributed by atoms with van der Waals surface area (Å²) in [5.41, 5.74) is 1.24. The van der Waals surface area contributed by atoms with Gasteiger partial charge < -0.3 is 9.84 Å². The van der Waals surface area contributed by atoms with E-state index in [9.17, 15) is 0 Å².